The molecule has 4 heteroatoms. The number of carbonyl (C=O) groups is 1. The minimum atomic E-state index is 0.546. The number of benzene rings is 1. The van der Waals surface area contributed by atoms with Gasteiger partial charge in [0, 0.05) is 23.0 Å². The van der Waals surface area contributed by atoms with Crippen molar-refractivity contribution in [3.63, 3.8) is 0 Å². The van der Waals surface area contributed by atoms with Crippen molar-refractivity contribution in [3.8, 4) is 22.8 Å². The Hall–Kier alpha value is -2.23. The molecular formula is C13H13NO3. The van der Waals surface area contributed by atoms with Crippen molar-refractivity contribution in [2.24, 2.45) is 0 Å². The highest BCUT2D eigenvalue weighted by Crippen LogP contribution is 2.34. The average molecular weight is 231 g/mol. The molecular weight excluding hydrogens is 218 g/mol. The van der Waals surface area contributed by atoms with Crippen LogP contribution in [0.5, 0.6) is 11.5 Å². The van der Waals surface area contributed by atoms with Crippen LogP contribution in [0, 0.1) is 0 Å². The first kappa shape index (κ1) is 11.3. The molecule has 0 aliphatic rings. The van der Waals surface area contributed by atoms with E-state index >= 15 is 0 Å². The molecule has 1 heterocycles. The van der Waals surface area contributed by atoms with E-state index in [1.165, 1.54) is 0 Å². The molecule has 0 spiro atoms. The maximum absolute atomic E-state index is 11.1. The van der Waals surface area contributed by atoms with Crippen LogP contribution in [0.2, 0.25) is 0 Å². The van der Waals surface area contributed by atoms with E-state index in [0.29, 0.717) is 17.1 Å². The van der Waals surface area contributed by atoms with Crippen LogP contribution in [0.15, 0.2) is 30.5 Å². The first-order chi connectivity index (χ1) is 8.30. The predicted octanol–water partition coefficient (Wildman–Crippen LogP) is 2.51. The topological polar surface area (TPSA) is 51.3 Å². The summed E-state index contributed by atoms with van der Waals surface area (Å²) < 4.78 is 10.4. The van der Waals surface area contributed by atoms with Gasteiger partial charge < -0.3 is 14.5 Å². The number of aromatic amines is 1. The van der Waals surface area contributed by atoms with Crippen molar-refractivity contribution in [2.75, 3.05) is 14.2 Å². The Morgan fingerprint density at radius 3 is 2.41 bits per heavy atom. The van der Waals surface area contributed by atoms with E-state index in [0.717, 1.165) is 17.5 Å². The number of aromatic nitrogens is 1. The summed E-state index contributed by atoms with van der Waals surface area (Å²) in [5.41, 5.74) is 2.22. The molecule has 0 fully saturated rings. The third-order valence-corrected chi connectivity index (χ3v) is 2.57. The number of hydrogen-bond acceptors (Lipinski definition) is 3. The maximum Gasteiger partial charge on any atom is 0.161 e. The fourth-order valence-electron chi connectivity index (χ4n) is 1.72. The Balaban J connectivity index is 2.62. The van der Waals surface area contributed by atoms with Crippen LogP contribution in [0.1, 0.15) is 10.4 Å². The third kappa shape index (κ3) is 2.01. The molecule has 4 nitrogen and oxygen atoms in total. The molecule has 0 aliphatic carbocycles. The first-order valence-corrected chi connectivity index (χ1v) is 5.15. The lowest BCUT2D eigenvalue weighted by molar-refractivity contribution is 0.112. The average Bonchev–Trinajstić information content (AvgIpc) is 2.90. The molecule has 1 N–H and O–H groups in total. The molecule has 1 aromatic carbocycles. The number of methoxy groups -OCH3 is 2. The molecule has 88 valence electrons. The van der Waals surface area contributed by atoms with Gasteiger partial charge in [-0.15, -0.1) is 0 Å². The molecule has 2 aromatic rings. The van der Waals surface area contributed by atoms with E-state index in [9.17, 15) is 4.79 Å². The second-order valence-electron chi connectivity index (χ2n) is 3.50. The van der Waals surface area contributed by atoms with Gasteiger partial charge in [-0.05, 0) is 24.3 Å². The molecule has 0 unspecified atom stereocenters. The lowest BCUT2D eigenvalue weighted by Crippen LogP contribution is -1.95. The van der Waals surface area contributed by atoms with Gasteiger partial charge in [-0.3, -0.25) is 4.79 Å². The number of hydrogen-bond donors (Lipinski definition) is 1. The summed E-state index contributed by atoms with van der Waals surface area (Å²) in [7, 11) is 3.11. The smallest absolute Gasteiger partial charge is 0.161 e. The number of ether oxygens (including phenoxy) is 2. The first-order valence-electron chi connectivity index (χ1n) is 5.15. The fraction of sp³-hybridized carbons (Fsp3) is 0.154. The Kier molecular flexibility index (Phi) is 3.14. The van der Waals surface area contributed by atoms with E-state index in [4.69, 9.17) is 9.47 Å². The molecule has 0 bridgehead atoms. The van der Waals surface area contributed by atoms with E-state index in [1.54, 1.807) is 32.5 Å². The van der Waals surface area contributed by atoms with Gasteiger partial charge in [-0.25, -0.2) is 0 Å². The monoisotopic (exact) mass is 231 g/mol. The molecule has 17 heavy (non-hydrogen) atoms. The van der Waals surface area contributed by atoms with Crippen LogP contribution >= 0.6 is 0 Å². The van der Waals surface area contributed by atoms with Crippen LogP contribution in [0.3, 0.4) is 0 Å². The second-order valence-corrected chi connectivity index (χ2v) is 3.50. The molecule has 0 saturated carbocycles. The van der Waals surface area contributed by atoms with E-state index < -0.39 is 0 Å². The number of carbonyl (C=O) groups excluding carboxylic acids is 1. The number of aldehydes is 1. The lowest BCUT2D eigenvalue weighted by atomic mass is 10.0. The van der Waals surface area contributed by atoms with Crippen molar-refractivity contribution in [3.05, 3.63) is 36.0 Å². The highest BCUT2D eigenvalue weighted by molar-refractivity contribution is 5.88. The van der Waals surface area contributed by atoms with E-state index in [1.807, 2.05) is 12.1 Å². The Morgan fingerprint density at radius 2 is 1.88 bits per heavy atom. The van der Waals surface area contributed by atoms with Gasteiger partial charge in [-0.1, -0.05) is 0 Å². The Labute approximate surface area is 99.2 Å². The van der Waals surface area contributed by atoms with Crippen LogP contribution in [-0.2, 0) is 0 Å². The minimum absolute atomic E-state index is 0.546. The zero-order valence-electron chi connectivity index (χ0n) is 9.69. The number of H-pyrrole nitrogens is 1. The normalized spacial score (nSPS) is 10.0. The zero-order valence-corrected chi connectivity index (χ0v) is 9.69. The molecule has 1 aromatic heterocycles. The number of rotatable bonds is 4. The minimum Gasteiger partial charge on any atom is -0.493 e. The standard InChI is InChI=1S/C13H13NO3/c1-16-12-6-9(8-15)10(7-13(12)17-2)11-4-3-5-14-11/h3-8,14H,1-2H3. The molecule has 0 saturated heterocycles. The predicted molar refractivity (Wildman–Crippen MR) is 64.7 cm³/mol. The summed E-state index contributed by atoms with van der Waals surface area (Å²) in [6.45, 7) is 0. The Morgan fingerprint density at radius 1 is 1.18 bits per heavy atom. The van der Waals surface area contributed by atoms with Crippen molar-refractivity contribution in [1.29, 1.82) is 0 Å². The Bertz CT molecular complexity index is 518. The van der Waals surface area contributed by atoms with Crippen LogP contribution < -0.4 is 9.47 Å². The van der Waals surface area contributed by atoms with Crippen LogP contribution in [0.4, 0.5) is 0 Å². The van der Waals surface area contributed by atoms with Crippen molar-refractivity contribution in [2.45, 2.75) is 0 Å². The van der Waals surface area contributed by atoms with Gasteiger partial charge in [0.1, 0.15) is 0 Å². The molecule has 0 aliphatic heterocycles. The van der Waals surface area contributed by atoms with E-state index in [-0.39, 0.29) is 0 Å². The molecule has 0 radical (unpaired) electrons. The molecule has 0 amide bonds. The van der Waals surface area contributed by atoms with Gasteiger partial charge in [0.2, 0.25) is 0 Å². The fourth-order valence-corrected chi connectivity index (χ4v) is 1.72. The molecule has 2 rings (SSSR count). The summed E-state index contributed by atoms with van der Waals surface area (Å²) in [4.78, 5) is 14.1. The summed E-state index contributed by atoms with van der Waals surface area (Å²) >= 11 is 0. The summed E-state index contributed by atoms with van der Waals surface area (Å²) in [5, 5.41) is 0. The highest BCUT2D eigenvalue weighted by atomic mass is 16.5. The van der Waals surface area contributed by atoms with Crippen LogP contribution in [-0.4, -0.2) is 25.5 Å². The zero-order chi connectivity index (χ0) is 12.3. The van der Waals surface area contributed by atoms with Gasteiger partial charge in [0.05, 0.1) is 14.2 Å². The van der Waals surface area contributed by atoms with Gasteiger partial charge in [-0.2, -0.15) is 0 Å². The third-order valence-electron chi connectivity index (χ3n) is 2.57. The van der Waals surface area contributed by atoms with Gasteiger partial charge in [0.15, 0.2) is 17.8 Å². The maximum atomic E-state index is 11.1. The van der Waals surface area contributed by atoms with Crippen molar-refractivity contribution >= 4 is 6.29 Å². The largest absolute Gasteiger partial charge is 0.493 e. The van der Waals surface area contributed by atoms with Crippen molar-refractivity contribution < 1.29 is 14.3 Å². The SMILES string of the molecule is COc1cc(C=O)c(-c2ccc[nH]2)cc1OC. The lowest BCUT2D eigenvalue weighted by Gasteiger charge is -2.11. The quantitative estimate of drug-likeness (QED) is 0.822. The van der Waals surface area contributed by atoms with Crippen molar-refractivity contribution in [1.82, 2.24) is 4.98 Å². The summed E-state index contributed by atoms with van der Waals surface area (Å²) in [6, 6.07) is 7.23. The van der Waals surface area contributed by atoms with Crippen LogP contribution in [0.25, 0.3) is 11.3 Å². The van der Waals surface area contributed by atoms with E-state index in [2.05, 4.69) is 4.98 Å². The highest BCUT2D eigenvalue weighted by Gasteiger charge is 2.12. The molecule has 0 atom stereocenters. The van der Waals surface area contributed by atoms with Gasteiger partial charge >= 0.3 is 0 Å². The number of nitrogens with one attached hydrogen (secondary N) is 1. The van der Waals surface area contributed by atoms with Gasteiger partial charge in [0.25, 0.3) is 0 Å². The summed E-state index contributed by atoms with van der Waals surface area (Å²) in [5.74, 6) is 1.15. The summed E-state index contributed by atoms with van der Waals surface area (Å²) in [6.07, 6.45) is 2.61. The second kappa shape index (κ2) is 4.74.